The summed E-state index contributed by atoms with van der Waals surface area (Å²) in [5.41, 5.74) is 0. The molecule has 2 amide bonds. The van der Waals surface area contributed by atoms with E-state index in [0.717, 1.165) is 19.1 Å². The Bertz CT molecular complexity index is 379. The maximum Gasteiger partial charge on any atom is 0.325 e. The van der Waals surface area contributed by atoms with Gasteiger partial charge in [-0.05, 0) is 6.92 Å². The zero-order valence-electron chi connectivity index (χ0n) is 12.3. The minimum atomic E-state index is -1.05. The number of amides is 2. The molecule has 0 saturated carbocycles. The zero-order chi connectivity index (χ0) is 16.4. The van der Waals surface area contributed by atoms with Crippen LogP contribution < -0.4 is 0 Å². The molecule has 9 nitrogen and oxygen atoms in total. The quantitative estimate of drug-likeness (QED) is 0.604. The molecule has 0 unspecified atom stereocenters. The van der Waals surface area contributed by atoms with E-state index in [-0.39, 0.29) is 19.5 Å². The Morgan fingerprint density at radius 2 is 1.43 bits per heavy atom. The lowest BCUT2D eigenvalue weighted by Gasteiger charge is -2.28. The Balaban J connectivity index is 4.90. The van der Waals surface area contributed by atoms with E-state index in [9.17, 15) is 19.2 Å². The molecule has 0 radical (unpaired) electrons. The third-order valence-electron chi connectivity index (χ3n) is 2.61. The van der Waals surface area contributed by atoms with Crippen LogP contribution in [0.2, 0.25) is 0 Å². The first-order valence-corrected chi connectivity index (χ1v) is 6.24. The fraction of sp³-hybridized carbons (Fsp3) is 0.667. The van der Waals surface area contributed by atoms with Crippen molar-refractivity contribution in [3.05, 3.63) is 0 Å². The molecule has 120 valence electrons. The predicted molar refractivity (Wildman–Crippen MR) is 70.5 cm³/mol. The second-order valence-electron chi connectivity index (χ2n) is 4.01. The number of methoxy groups -OCH3 is 2. The molecule has 0 atom stereocenters. The first-order valence-electron chi connectivity index (χ1n) is 6.24. The van der Waals surface area contributed by atoms with Gasteiger partial charge >= 0.3 is 23.9 Å². The highest BCUT2D eigenvalue weighted by atomic mass is 16.5. The summed E-state index contributed by atoms with van der Waals surface area (Å²) < 4.78 is 8.92. The van der Waals surface area contributed by atoms with E-state index in [2.05, 4.69) is 9.47 Å². The van der Waals surface area contributed by atoms with Crippen LogP contribution in [0.15, 0.2) is 0 Å². The van der Waals surface area contributed by atoms with E-state index >= 15 is 0 Å². The number of esters is 2. The molecular weight excluding hydrogens is 284 g/mol. The smallest absolute Gasteiger partial charge is 0.325 e. The standard InChI is InChI=1S/C12H20N2O7/c1-4-13(6-5-9(15)16)12(19)14(7-10(17)20-2)8-11(18)21-3/h4-8H2,1-3H3,(H,15,16). The normalized spacial score (nSPS) is 9.67. The largest absolute Gasteiger partial charge is 0.481 e. The number of rotatable bonds is 8. The Morgan fingerprint density at radius 1 is 0.952 bits per heavy atom. The molecule has 0 aliphatic heterocycles. The number of carboxylic acid groups (broad SMARTS) is 1. The second kappa shape index (κ2) is 9.56. The van der Waals surface area contributed by atoms with Crippen LogP contribution in [0, 0.1) is 0 Å². The molecule has 0 bridgehead atoms. The molecule has 9 heteroatoms. The molecule has 0 fully saturated rings. The van der Waals surface area contributed by atoms with E-state index in [1.54, 1.807) is 6.92 Å². The Morgan fingerprint density at radius 3 is 1.76 bits per heavy atom. The second-order valence-corrected chi connectivity index (χ2v) is 4.01. The van der Waals surface area contributed by atoms with Crippen LogP contribution in [0.25, 0.3) is 0 Å². The lowest BCUT2D eigenvalue weighted by atomic mass is 10.3. The lowest BCUT2D eigenvalue weighted by molar-refractivity contribution is -0.145. The van der Waals surface area contributed by atoms with Crippen molar-refractivity contribution in [3.63, 3.8) is 0 Å². The molecule has 21 heavy (non-hydrogen) atoms. The van der Waals surface area contributed by atoms with Gasteiger partial charge in [0.05, 0.1) is 20.6 Å². The first kappa shape index (κ1) is 18.7. The Kier molecular flexibility index (Phi) is 8.51. The SMILES string of the molecule is CCN(CCC(=O)O)C(=O)N(CC(=O)OC)CC(=O)OC. The molecule has 1 N–H and O–H groups in total. The van der Waals surface area contributed by atoms with Gasteiger partial charge in [-0.2, -0.15) is 0 Å². The minimum absolute atomic E-state index is 0.0243. The van der Waals surface area contributed by atoms with Gasteiger partial charge in [0.15, 0.2) is 0 Å². The number of urea groups is 1. The highest BCUT2D eigenvalue weighted by Crippen LogP contribution is 2.02. The highest BCUT2D eigenvalue weighted by Gasteiger charge is 2.25. The van der Waals surface area contributed by atoms with Gasteiger partial charge < -0.3 is 24.4 Å². The molecule has 0 spiro atoms. The van der Waals surface area contributed by atoms with Crippen LogP contribution in [0.1, 0.15) is 13.3 Å². The van der Waals surface area contributed by atoms with Gasteiger partial charge in [0, 0.05) is 13.1 Å². The van der Waals surface area contributed by atoms with E-state index in [1.165, 1.54) is 4.90 Å². The lowest BCUT2D eigenvalue weighted by Crippen LogP contribution is -2.48. The summed E-state index contributed by atoms with van der Waals surface area (Å²) in [5.74, 6) is -2.43. The number of hydrogen-bond donors (Lipinski definition) is 1. The van der Waals surface area contributed by atoms with Crippen molar-refractivity contribution in [2.45, 2.75) is 13.3 Å². The van der Waals surface area contributed by atoms with Crippen LogP contribution in [0.4, 0.5) is 4.79 Å². The summed E-state index contributed by atoms with van der Waals surface area (Å²) in [5, 5.41) is 8.65. The van der Waals surface area contributed by atoms with Crippen LogP contribution in [-0.4, -0.2) is 79.2 Å². The third kappa shape index (κ3) is 7.14. The summed E-state index contributed by atoms with van der Waals surface area (Å²) in [6.07, 6.45) is -0.232. The average molecular weight is 304 g/mol. The Labute approximate surface area is 122 Å². The molecule has 0 aromatic carbocycles. The van der Waals surface area contributed by atoms with Gasteiger partial charge in [-0.3, -0.25) is 14.4 Å². The van der Waals surface area contributed by atoms with Crippen molar-refractivity contribution in [2.75, 3.05) is 40.4 Å². The molecule has 0 heterocycles. The molecule has 0 aromatic heterocycles. The van der Waals surface area contributed by atoms with E-state index in [1.807, 2.05) is 0 Å². The summed E-state index contributed by atoms with van der Waals surface area (Å²) >= 11 is 0. The molecular formula is C12H20N2O7. The van der Waals surface area contributed by atoms with Gasteiger partial charge in [0.2, 0.25) is 0 Å². The number of nitrogens with zero attached hydrogens (tertiary/aromatic N) is 2. The first-order chi connectivity index (χ1) is 9.85. The molecule has 0 aliphatic rings. The number of aliphatic carboxylic acids is 1. The van der Waals surface area contributed by atoms with Crippen molar-refractivity contribution in [2.24, 2.45) is 0 Å². The summed E-state index contributed by atoms with van der Waals surface area (Å²) in [6, 6.07) is -0.630. The van der Waals surface area contributed by atoms with Gasteiger partial charge in [-0.1, -0.05) is 0 Å². The van der Waals surface area contributed by atoms with Gasteiger partial charge in [-0.15, -0.1) is 0 Å². The number of hydrogen-bond acceptors (Lipinski definition) is 6. The number of carbonyl (C=O) groups excluding carboxylic acids is 3. The Hall–Kier alpha value is -2.32. The van der Waals surface area contributed by atoms with E-state index < -0.39 is 37.0 Å². The van der Waals surface area contributed by atoms with Crippen LogP contribution >= 0.6 is 0 Å². The molecule has 0 saturated heterocycles. The fourth-order valence-corrected chi connectivity index (χ4v) is 1.45. The number of carboxylic acids is 1. The average Bonchev–Trinajstić information content (AvgIpc) is 2.46. The molecule has 0 rings (SSSR count). The van der Waals surface area contributed by atoms with Gasteiger partial charge in [0.25, 0.3) is 0 Å². The van der Waals surface area contributed by atoms with Gasteiger partial charge in [-0.25, -0.2) is 4.79 Å². The fourth-order valence-electron chi connectivity index (χ4n) is 1.45. The summed E-state index contributed by atoms with van der Waals surface area (Å²) in [4.78, 5) is 47.5. The summed E-state index contributed by atoms with van der Waals surface area (Å²) in [6.45, 7) is 1.03. The van der Waals surface area contributed by atoms with E-state index in [0.29, 0.717) is 0 Å². The van der Waals surface area contributed by atoms with Crippen molar-refractivity contribution in [3.8, 4) is 0 Å². The van der Waals surface area contributed by atoms with Crippen molar-refractivity contribution < 1.29 is 33.8 Å². The minimum Gasteiger partial charge on any atom is -0.481 e. The highest BCUT2D eigenvalue weighted by molar-refractivity contribution is 5.85. The zero-order valence-corrected chi connectivity index (χ0v) is 12.3. The van der Waals surface area contributed by atoms with Crippen LogP contribution in [0.3, 0.4) is 0 Å². The summed E-state index contributed by atoms with van der Waals surface area (Å²) in [7, 11) is 2.32. The van der Waals surface area contributed by atoms with Crippen LogP contribution in [-0.2, 0) is 23.9 Å². The van der Waals surface area contributed by atoms with Crippen molar-refractivity contribution in [1.29, 1.82) is 0 Å². The number of ether oxygens (including phenoxy) is 2. The van der Waals surface area contributed by atoms with Gasteiger partial charge in [0.1, 0.15) is 13.1 Å². The van der Waals surface area contributed by atoms with Crippen molar-refractivity contribution >= 4 is 23.9 Å². The van der Waals surface area contributed by atoms with E-state index in [4.69, 9.17) is 5.11 Å². The number of carbonyl (C=O) groups is 4. The van der Waals surface area contributed by atoms with Crippen LogP contribution in [0.5, 0.6) is 0 Å². The maximum absolute atomic E-state index is 12.2. The third-order valence-corrected chi connectivity index (χ3v) is 2.61. The molecule has 0 aliphatic carbocycles. The molecule has 0 aromatic rings. The van der Waals surface area contributed by atoms with Crippen molar-refractivity contribution in [1.82, 2.24) is 9.80 Å². The maximum atomic E-state index is 12.2. The topological polar surface area (TPSA) is 113 Å². The predicted octanol–water partition coefficient (Wildman–Crippen LogP) is -0.449. The monoisotopic (exact) mass is 304 g/mol.